The lowest BCUT2D eigenvalue weighted by molar-refractivity contribution is 0.0258. The molecule has 0 radical (unpaired) electrons. The van der Waals surface area contributed by atoms with Crippen molar-refractivity contribution in [3.8, 4) is 0 Å². The summed E-state index contributed by atoms with van der Waals surface area (Å²) in [5.74, 6) is -0.226. The molecule has 1 heterocycles. The van der Waals surface area contributed by atoms with Gasteiger partial charge in [0.15, 0.2) is 0 Å². The SMILES string of the molecule is Fc1ccc(Br)cc1NCCC1CNCCO1. The number of hydrogen-bond donors (Lipinski definition) is 2. The third-order valence-electron chi connectivity index (χ3n) is 2.71. The summed E-state index contributed by atoms with van der Waals surface area (Å²) in [6.07, 6.45) is 1.10. The normalized spacial score (nSPS) is 20.2. The first-order valence-corrected chi connectivity index (χ1v) is 6.56. The molecule has 1 unspecified atom stereocenters. The van der Waals surface area contributed by atoms with Gasteiger partial charge in [-0.05, 0) is 24.6 Å². The van der Waals surface area contributed by atoms with E-state index in [2.05, 4.69) is 26.6 Å². The molecule has 0 saturated carbocycles. The summed E-state index contributed by atoms with van der Waals surface area (Å²) in [6.45, 7) is 3.27. The molecule has 2 N–H and O–H groups in total. The summed E-state index contributed by atoms with van der Waals surface area (Å²) in [7, 11) is 0. The van der Waals surface area contributed by atoms with Gasteiger partial charge < -0.3 is 15.4 Å². The van der Waals surface area contributed by atoms with Crippen LogP contribution in [0.2, 0.25) is 0 Å². The van der Waals surface area contributed by atoms with Crippen LogP contribution in [0.5, 0.6) is 0 Å². The Bertz CT molecular complexity index is 370. The summed E-state index contributed by atoms with van der Waals surface area (Å²) in [6, 6.07) is 4.88. The van der Waals surface area contributed by atoms with E-state index in [1.54, 1.807) is 12.1 Å². The Morgan fingerprint density at radius 1 is 1.53 bits per heavy atom. The lowest BCUT2D eigenvalue weighted by Gasteiger charge is -2.23. The summed E-state index contributed by atoms with van der Waals surface area (Å²) in [5.41, 5.74) is 0.531. The maximum atomic E-state index is 13.4. The predicted molar refractivity (Wildman–Crippen MR) is 69.8 cm³/mol. The number of hydrogen-bond acceptors (Lipinski definition) is 3. The van der Waals surface area contributed by atoms with E-state index in [0.717, 1.165) is 30.6 Å². The van der Waals surface area contributed by atoms with Gasteiger partial charge in [0.1, 0.15) is 5.82 Å². The second kappa shape index (κ2) is 6.33. The number of ether oxygens (including phenoxy) is 1. The predicted octanol–water partition coefficient (Wildman–Crippen LogP) is 2.38. The van der Waals surface area contributed by atoms with E-state index in [9.17, 15) is 4.39 Å². The number of rotatable bonds is 4. The molecule has 0 spiro atoms. The zero-order valence-electron chi connectivity index (χ0n) is 9.51. The monoisotopic (exact) mass is 302 g/mol. The van der Waals surface area contributed by atoms with Gasteiger partial charge in [0.05, 0.1) is 18.4 Å². The number of benzene rings is 1. The summed E-state index contributed by atoms with van der Waals surface area (Å²) in [4.78, 5) is 0. The average Bonchev–Trinajstić information content (AvgIpc) is 2.35. The molecule has 1 aliphatic heterocycles. The Kier molecular flexibility index (Phi) is 4.76. The van der Waals surface area contributed by atoms with Crippen molar-refractivity contribution in [1.29, 1.82) is 0 Å². The van der Waals surface area contributed by atoms with E-state index in [1.165, 1.54) is 6.07 Å². The number of nitrogens with one attached hydrogen (secondary N) is 2. The standard InChI is InChI=1S/C12H16BrFN2O/c13-9-1-2-11(14)12(7-9)16-4-3-10-8-15-5-6-17-10/h1-2,7,10,15-16H,3-6,8H2. The van der Waals surface area contributed by atoms with Crippen molar-refractivity contribution in [2.45, 2.75) is 12.5 Å². The van der Waals surface area contributed by atoms with Crippen molar-refractivity contribution in [2.75, 3.05) is 31.6 Å². The fourth-order valence-electron chi connectivity index (χ4n) is 1.81. The maximum Gasteiger partial charge on any atom is 0.146 e. The number of halogens is 2. The zero-order chi connectivity index (χ0) is 12.1. The van der Waals surface area contributed by atoms with Crippen molar-refractivity contribution in [1.82, 2.24) is 5.32 Å². The molecule has 0 bridgehead atoms. The number of anilines is 1. The molecule has 1 aliphatic rings. The van der Waals surface area contributed by atoms with Crippen molar-refractivity contribution < 1.29 is 9.13 Å². The highest BCUT2D eigenvalue weighted by atomic mass is 79.9. The lowest BCUT2D eigenvalue weighted by atomic mass is 10.2. The minimum absolute atomic E-state index is 0.226. The highest BCUT2D eigenvalue weighted by Gasteiger charge is 2.12. The molecule has 3 nitrogen and oxygen atoms in total. The Labute approximate surface area is 109 Å². The highest BCUT2D eigenvalue weighted by molar-refractivity contribution is 9.10. The van der Waals surface area contributed by atoms with Gasteiger partial charge in [-0.3, -0.25) is 0 Å². The zero-order valence-corrected chi connectivity index (χ0v) is 11.1. The van der Waals surface area contributed by atoms with Crippen LogP contribution in [0, 0.1) is 5.82 Å². The highest BCUT2D eigenvalue weighted by Crippen LogP contribution is 2.20. The van der Waals surface area contributed by atoms with Gasteiger partial charge in [0, 0.05) is 24.1 Å². The molecule has 94 valence electrons. The third kappa shape index (κ3) is 3.94. The van der Waals surface area contributed by atoms with Crippen LogP contribution < -0.4 is 10.6 Å². The fraction of sp³-hybridized carbons (Fsp3) is 0.500. The average molecular weight is 303 g/mol. The largest absolute Gasteiger partial charge is 0.383 e. The number of morpholine rings is 1. The molecule has 0 aliphatic carbocycles. The smallest absolute Gasteiger partial charge is 0.146 e. The van der Waals surface area contributed by atoms with Crippen LogP contribution in [-0.4, -0.2) is 32.3 Å². The Morgan fingerprint density at radius 2 is 2.41 bits per heavy atom. The van der Waals surface area contributed by atoms with Gasteiger partial charge in [0.25, 0.3) is 0 Å². The van der Waals surface area contributed by atoms with E-state index < -0.39 is 0 Å². The Morgan fingerprint density at radius 3 is 3.18 bits per heavy atom. The molecular formula is C12H16BrFN2O. The Hall–Kier alpha value is -0.650. The van der Waals surface area contributed by atoms with E-state index in [4.69, 9.17) is 4.74 Å². The van der Waals surface area contributed by atoms with Gasteiger partial charge in [0.2, 0.25) is 0 Å². The molecule has 1 fully saturated rings. The summed E-state index contributed by atoms with van der Waals surface area (Å²) < 4.78 is 19.8. The molecule has 2 rings (SSSR count). The second-order valence-electron chi connectivity index (χ2n) is 4.04. The lowest BCUT2D eigenvalue weighted by Crippen LogP contribution is -2.39. The maximum absolute atomic E-state index is 13.4. The van der Waals surface area contributed by atoms with Crippen LogP contribution in [0.4, 0.5) is 10.1 Å². The summed E-state index contributed by atoms with van der Waals surface area (Å²) in [5, 5.41) is 6.36. The van der Waals surface area contributed by atoms with Crippen molar-refractivity contribution in [3.05, 3.63) is 28.5 Å². The van der Waals surface area contributed by atoms with Gasteiger partial charge in [-0.25, -0.2) is 4.39 Å². The topological polar surface area (TPSA) is 33.3 Å². The van der Waals surface area contributed by atoms with Crippen LogP contribution in [0.25, 0.3) is 0 Å². The van der Waals surface area contributed by atoms with Crippen LogP contribution in [-0.2, 0) is 4.74 Å². The first kappa shape index (κ1) is 12.8. The Balaban J connectivity index is 1.79. The third-order valence-corrected chi connectivity index (χ3v) is 3.21. The van der Waals surface area contributed by atoms with Crippen LogP contribution in [0.15, 0.2) is 22.7 Å². The van der Waals surface area contributed by atoms with Crippen LogP contribution in [0.3, 0.4) is 0 Å². The minimum atomic E-state index is -0.226. The van der Waals surface area contributed by atoms with E-state index in [0.29, 0.717) is 12.2 Å². The summed E-state index contributed by atoms with van der Waals surface area (Å²) >= 11 is 3.32. The van der Waals surface area contributed by atoms with E-state index in [1.807, 2.05) is 0 Å². The van der Waals surface area contributed by atoms with Gasteiger partial charge in [-0.2, -0.15) is 0 Å². The van der Waals surface area contributed by atoms with Crippen molar-refractivity contribution >= 4 is 21.6 Å². The molecule has 17 heavy (non-hydrogen) atoms. The molecule has 0 amide bonds. The van der Waals surface area contributed by atoms with Gasteiger partial charge >= 0.3 is 0 Å². The quantitative estimate of drug-likeness (QED) is 0.896. The molecule has 5 heteroatoms. The molecule has 1 saturated heterocycles. The molecule has 1 atom stereocenters. The molecule has 1 aromatic carbocycles. The van der Waals surface area contributed by atoms with Crippen molar-refractivity contribution in [2.24, 2.45) is 0 Å². The van der Waals surface area contributed by atoms with Crippen LogP contribution >= 0.6 is 15.9 Å². The fourth-order valence-corrected chi connectivity index (χ4v) is 2.17. The van der Waals surface area contributed by atoms with E-state index in [-0.39, 0.29) is 11.9 Å². The second-order valence-corrected chi connectivity index (χ2v) is 4.95. The molecular weight excluding hydrogens is 287 g/mol. The first-order chi connectivity index (χ1) is 8.25. The molecule has 0 aromatic heterocycles. The van der Waals surface area contributed by atoms with Gasteiger partial charge in [-0.1, -0.05) is 15.9 Å². The minimum Gasteiger partial charge on any atom is -0.383 e. The molecule has 1 aromatic rings. The van der Waals surface area contributed by atoms with Crippen LogP contribution in [0.1, 0.15) is 6.42 Å². The van der Waals surface area contributed by atoms with E-state index >= 15 is 0 Å². The van der Waals surface area contributed by atoms with Gasteiger partial charge in [-0.15, -0.1) is 0 Å². The van der Waals surface area contributed by atoms with Crippen molar-refractivity contribution in [3.63, 3.8) is 0 Å². The first-order valence-electron chi connectivity index (χ1n) is 5.77.